The zero-order valence-electron chi connectivity index (χ0n) is 16.5. The van der Waals surface area contributed by atoms with Gasteiger partial charge in [-0.05, 0) is 41.6 Å². The Hall–Kier alpha value is -2.67. The number of carbonyl (C=O) groups excluding carboxylic acids is 2. The van der Waals surface area contributed by atoms with Crippen LogP contribution in [0.2, 0.25) is 0 Å². The lowest BCUT2D eigenvalue weighted by Crippen LogP contribution is -2.46. The number of benzene rings is 1. The third-order valence-corrected chi connectivity index (χ3v) is 5.28. The molecule has 0 saturated carbocycles. The van der Waals surface area contributed by atoms with E-state index in [1.165, 1.54) is 21.9 Å². The van der Waals surface area contributed by atoms with Crippen LogP contribution in [0.25, 0.3) is 0 Å². The second-order valence-corrected chi connectivity index (χ2v) is 7.75. The van der Waals surface area contributed by atoms with Crippen molar-refractivity contribution in [3.8, 4) is 0 Å². The highest BCUT2D eigenvalue weighted by Crippen LogP contribution is 2.20. The lowest BCUT2D eigenvalue weighted by atomic mass is 10.2. The molecule has 0 N–H and O–H groups in total. The van der Waals surface area contributed by atoms with E-state index < -0.39 is 0 Å². The summed E-state index contributed by atoms with van der Waals surface area (Å²) in [5.74, 6) is -0.487. The number of hydrogen-bond donors (Lipinski definition) is 0. The fourth-order valence-electron chi connectivity index (χ4n) is 2.69. The van der Waals surface area contributed by atoms with Gasteiger partial charge in [-0.25, -0.2) is 9.18 Å². The van der Waals surface area contributed by atoms with Gasteiger partial charge in [0.15, 0.2) is 0 Å². The van der Waals surface area contributed by atoms with Gasteiger partial charge in [0.1, 0.15) is 12.4 Å². The number of aryl methyl sites for hydroxylation is 1. The van der Waals surface area contributed by atoms with Gasteiger partial charge in [-0.15, -0.1) is 17.9 Å². The smallest absolute Gasteiger partial charge is 0.320 e. The molecule has 0 atom stereocenters. The molecule has 2 aromatic rings. The maximum atomic E-state index is 13.2. The number of carbonyl (C=O) groups is 2. The molecule has 0 bridgehead atoms. The molecule has 0 saturated heterocycles. The predicted octanol–water partition coefficient (Wildman–Crippen LogP) is 3.89. The molecule has 0 radical (unpaired) electrons. The van der Waals surface area contributed by atoms with Gasteiger partial charge in [-0.1, -0.05) is 18.2 Å². The summed E-state index contributed by atoms with van der Waals surface area (Å²) < 4.78 is 13.2. The summed E-state index contributed by atoms with van der Waals surface area (Å²) >= 11 is 1.59. The first-order chi connectivity index (χ1) is 13.3. The topological polar surface area (TPSA) is 43.9 Å². The minimum atomic E-state index is -0.315. The molecular weight excluding hydrogens is 377 g/mol. The molecule has 28 heavy (non-hydrogen) atoms. The van der Waals surface area contributed by atoms with Crippen molar-refractivity contribution in [2.45, 2.75) is 20.0 Å². The standard InChI is InChI=1S/C21H26FN3O2S/c1-5-11-24(21(27)23(3)4)15-20(26)25(14-19-16(2)10-12-28-19)13-17-6-8-18(22)9-7-17/h5-10,12H,1,11,13-15H2,2-4H3. The summed E-state index contributed by atoms with van der Waals surface area (Å²) in [6, 6.07) is 7.87. The van der Waals surface area contributed by atoms with Gasteiger partial charge in [0.25, 0.3) is 0 Å². The lowest BCUT2D eigenvalue weighted by molar-refractivity contribution is -0.133. The Kier molecular flexibility index (Phi) is 7.75. The molecule has 5 nitrogen and oxygen atoms in total. The number of urea groups is 1. The Morgan fingerprint density at radius 3 is 2.32 bits per heavy atom. The van der Waals surface area contributed by atoms with E-state index in [0.717, 1.165) is 16.0 Å². The lowest BCUT2D eigenvalue weighted by Gasteiger charge is -2.29. The first-order valence-corrected chi connectivity index (χ1v) is 9.82. The predicted molar refractivity (Wildman–Crippen MR) is 111 cm³/mol. The van der Waals surface area contributed by atoms with Crippen molar-refractivity contribution in [1.82, 2.24) is 14.7 Å². The van der Waals surface area contributed by atoms with Crippen LogP contribution < -0.4 is 0 Å². The SMILES string of the molecule is C=CCN(CC(=O)N(Cc1ccc(F)cc1)Cc1sccc1C)C(=O)N(C)C. The maximum absolute atomic E-state index is 13.2. The molecule has 2 rings (SSSR count). The highest BCUT2D eigenvalue weighted by molar-refractivity contribution is 7.10. The summed E-state index contributed by atoms with van der Waals surface area (Å²) in [5, 5.41) is 1.99. The van der Waals surface area contributed by atoms with E-state index in [-0.39, 0.29) is 30.8 Å². The van der Waals surface area contributed by atoms with E-state index >= 15 is 0 Å². The summed E-state index contributed by atoms with van der Waals surface area (Å²) in [7, 11) is 3.29. The van der Waals surface area contributed by atoms with Crippen LogP contribution in [0.15, 0.2) is 48.4 Å². The summed E-state index contributed by atoms with van der Waals surface area (Å²) in [6.45, 7) is 6.70. The normalized spacial score (nSPS) is 10.4. The molecule has 3 amide bonds. The Balaban J connectivity index is 2.21. The van der Waals surface area contributed by atoms with Crippen LogP contribution in [0.1, 0.15) is 16.0 Å². The number of hydrogen-bond acceptors (Lipinski definition) is 3. The third kappa shape index (κ3) is 5.92. The number of halogens is 1. The van der Waals surface area contributed by atoms with Crippen molar-refractivity contribution in [2.75, 3.05) is 27.2 Å². The van der Waals surface area contributed by atoms with Crippen LogP contribution in [0.4, 0.5) is 9.18 Å². The fraction of sp³-hybridized carbons (Fsp3) is 0.333. The minimum Gasteiger partial charge on any atom is -0.332 e. The zero-order chi connectivity index (χ0) is 20.7. The van der Waals surface area contributed by atoms with Gasteiger partial charge in [-0.3, -0.25) is 4.79 Å². The van der Waals surface area contributed by atoms with E-state index in [9.17, 15) is 14.0 Å². The highest BCUT2D eigenvalue weighted by Gasteiger charge is 2.22. The van der Waals surface area contributed by atoms with Crippen molar-refractivity contribution in [3.63, 3.8) is 0 Å². The number of rotatable bonds is 8. The fourth-order valence-corrected chi connectivity index (χ4v) is 3.61. The molecule has 0 unspecified atom stereocenters. The van der Waals surface area contributed by atoms with E-state index in [2.05, 4.69) is 6.58 Å². The van der Waals surface area contributed by atoms with Crippen LogP contribution in [0, 0.1) is 12.7 Å². The van der Waals surface area contributed by atoms with Crippen molar-refractivity contribution in [3.05, 3.63) is 70.2 Å². The van der Waals surface area contributed by atoms with Gasteiger partial charge in [-0.2, -0.15) is 0 Å². The van der Waals surface area contributed by atoms with Crippen molar-refractivity contribution in [2.24, 2.45) is 0 Å². The van der Waals surface area contributed by atoms with Gasteiger partial charge in [0.2, 0.25) is 5.91 Å². The monoisotopic (exact) mass is 403 g/mol. The van der Waals surface area contributed by atoms with Crippen LogP contribution >= 0.6 is 11.3 Å². The molecular formula is C21H26FN3O2S. The van der Waals surface area contributed by atoms with E-state index in [0.29, 0.717) is 13.1 Å². The van der Waals surface area contributed by atoms with Crippen molar-refractivity contribution < 1.29 is 14.0 Å². The number of thiophene rings is 1. The maximum Gasteiger partial charge on any atom is 0.320 e. The second kappa shape index (κ2) is 10.0. The molecule has 0 aliphatic heterocycles. The van der Waals surface area contributed by atoms with Crippen molar-refractivity contribution in [1.29, 1.82) is 0 Å². The second-order valence-electron chi connectivity index (χ2n) is 6.75. The first kappa shape index (κ1) is 21.6. The van der Waals surface area contributed by atoms with Crippen LogP contribution in [-0.2, 0) is 17.9 Å². The largest absolute Gasteiger partial charge is 0.332 e. The van der Waals surface area contributed by atoms with Crippen LogP contribution in [0.3, 0.4) is 0 Å². The molecule has 1 aromatic carbocycles. The molecule has 0 aliphatic carbocycles. The Morgan fingerprint density at radius 1 is 1.11 bits per heavy atom. The van der Waals surface area contributed by atoms with Crippen molar-refractivity contribution >= 4 is 23.3 Å². The molecule has 0 fully saturated rings. The van der Waals surface area contributed by atoms with Crippen LogP contribution in [-0.4, -0.2) is 53.8 Å². The Morgan fingerprint density at radius 2 is 1.79 bits per heavy atom. The summed E-state index contributed by atoms with van der Waals surface area (Å²) in [4.78, 5) is 31.1. The molecule has 1 aromatic heterocycles. The van der Waals surface area contributed by atoms with Gasteiger partial charge >= 0.3 is 6.03 Å². The van der Waals surface area contributed by atoms with Gasteiger partial charge in [0, 0.05) is 32.1 Å². The first-order valence-electron chi connectivity index (χ1n) is 8.94. The molecule has 7 heteroatoms. The minimum absolute atomic E-state index is 0.0470. The molecule has 150 valence electrons. The molecule has 0 spiro atoms. The average molecular weight is 404 g/mol. The quantitative estimate of drug-likeness (QED) is 0.628. The van der Waals surface area contributed by atoms with E-state index in [1.54, 1.807) is 48.5 Å². The summed E-state index contributed by atoms with van der Waals surface area (Å²) in [5.41, 5.74) is 1.95. The third-order valence-electron chi connectivity index (χ3n) is 4.27. The Bertz CT molecular complexity index is 817. The average Bonchev–Trinajstić information content (AvgIpc) is 3.06. The molecule has 1 heterocycles. The summed E-state index contributed by atoms with van der Waals surface area (Å²) in [6.07, 6.45) is 1.60. The van der Waals surface area contributed by atoms with Gasteiger partial charge in [0.05, 0.1) is 6.54 Å². The van der Waals surface area contributed by atoms with Gasteiger partial charge < -0.3 is 14.7 Å². The number of nitrogens with zero attached hydrogens (tertiary/aromatic N) is 3. The van der Waals surface area contributed by atoms with E-state index in [4.69, 9.17) is 0 Å². The molecule has 0 aliphatic rings. The zero-order valence-corrected chi connectivity index (χ0v) is 17.3. The number of amides is 3. The van der Waals surface area contributed by atoms with E-state index in [1.807, 2.05) is 18.4 Å². The van der Waals surface area contributed by atoms with Crippen LogP contribution in [0.5, 0.6) is 0 Å². The Labute approximate surface area is 169 Å². The highest BCUT2D eigenvalue weighted by atomic mass is 32.1.